The van der Waals surface area contributed by atoms with Crippen molar-refractivity contribution in [2.75, 3.05) is 13.1 Å². The summed E-state index contributed by atoms with van der Waals surface area (Å²) in [5, 5.41) is 13.1. The van der Waals surface area contributed by atoms with Gasteiger partial charge in [0.1, 0.15) is 0 Å². The summed E-state index contributed by atoms with van der Waals surface area (Å²) >= 11 is 0. The third-order valence-electron chi connectivity index (χ3n) is 2.40. The van der Waals surface area contributed by atoms with Gasteiger partial charge in [0.25, 0.3) is 0 Å². The van der Waals surface area contributed by atoms with E-state index < -0.39 is 0 Å². The van der Waals surface area contributed by atoms with Crippen molar-refractivity contribution >= 4 is 12.2 Å². The molecule has 5 nitrogen and oxygen atoms in total. The van der Waals surface area contributed by atoms with Gasteiger partial charge in [0.2, 0.25) is 6.41 Å². The number of carbonyl (C=O) groups excluding carboxylic acids is 1. The molecule has 1 aliphatic heterocycles. The van der Waals surface area contributed by atoms with E-state index in [1.54, 1.807) is 0 Å². The van der Waals surface area contributed by atoms with Gasteiger partial charge in [0, 0.05) is 25.0 Å². The minimum atomic E-state index is 0.174. The lowest BCUT2D eigenvalue weighted by atomic mass is 9.94. The van der Waals surface area contributed by atoms with Crippen molar-refractivity contribution < 1.29 is 4.79 Å². The first-order valence-corrected chi connectivity index (χ1v) is 4.48. The quantitative estimate of drug-likeness (QED) is 0.257. The average Bonchev–Trinajstić information content (AvgIpc) is 2.15. The molecule has 5 heteroatoms. The molecule has 13 heavy (non-hydrogen) atoms. The lowest BCUT2D eigenvalue weighted by molar-refractivity contribution is -0.109. The number of rotatable bonds is 4. The number of hydrogen-bond donors (Lipinski definition) is 4. The number of amides is 1. The molecule has 74 valence electrons. The predicted octanol–water partition coefficient (Wildman–Crippen LogP) is -0.963. The molecule has 1 fully saturated rings. The fraction of sp³-hybridized carbons (Fsp3) is 0.750. The third-order valence-corrected chi connectivity index (χ3v) is 2.40. The van der Waals surface area contributed by atoms with Crippen molar-refractivity contribution in [3.05, 3.63) is 0 Å². The van der Waals surface area contributed by atoms with Crippen LogP contribution in [0.4, 0.5) is 0 Å². The highest BCUT2D eigenvalue weighted by atomic mass is 16.1. The molecule has 0 bridgehead atoms. The molecule has 1 amide bonds. The first-order chi connectivity index (χ1) is 6.24. The Morgan fingerprint density at radius 3 is 2.92 bits per heavy atom. The molecular formula is C8H16N4O. The molecule has 1 saturated heterocycles. The highest BCUT2D eigenvalue weighted by Gasteiger charge is 2.21. The maximum atomic E-state index is 10.0. The van der Waals surface area contributed by atoms with E-state index in [1.165, 1.54) is 0 Å². The molecule has 1 heterocycles. The van der Waals surface area contributed by atoms with Crippen molar-refractivity contribution in [2.45, 2.75) is 18.9 Å². The third kappa shape index (κ3) is 3.02. The number of amidine groups is 1. The number of nitrogens with one attached hydrogen (secondary N) is 3. The summed E-state index contributed by atoms with van der Waals surface area (Å²) in [7, 11) is 0. The molecule has 1 aliphatic rings. The zero-order valence-corrected chi connectivity index (χ0v) is 7.55. The summed E-state index contributed by atoms with van der Waals surface area (Å²) in [6.07, 6.45) is 2.61. The van der Waals surface area contributed by atoms with Crippen molar-refractivity contribution in [2.24, 2.45) is 11.7 Å². The van der Waals surface area contributed by atoms with Crippen LogP contribution in [0.15, 0.2) is 0 Å². The monoisotopic (exact) mass is 184 g/mol. The van der Waals surface area contributed by atoms with Gasteiger partial charge in [-0.15, -0.1) is 0 Å². The second kappa shape index (κ2) is 4.81. The van der Waals surface area contributed by atoms with Crippen LogP contribution in [0, 0.1) is 11.3 Å². The first kappa shape index (κ1) is 9.98. The second-order valence-corrected chi connectivity index (χ2v) is 3.36. The molecule has 2 atom stereocenters. The predicted molar refractivity (Wildman–Crippen MR) is 50.5 cm³/mol. The molecule has 0 aromatic heterocycles. The van der Waals surface area contributed by atoms with E-state index in [-0.39, 0.29) is 11.8 Å². The Kier molecular flexibility index (Phi) is 3.70. The van der Waals surface area contributed by atoms with Gasteiger partial charge < -0.3 is 16.4 Å². The number of hydrogen-bond acceptors (Lipinski definition) is 3. The van der Waals surface area contributed by atoms with Gasteiger partial charge >= 0.3 is 0 Å². The highest BCUT2D eigenvalue weighted by molar-refractivity contribution is 5.79. The second-order valence-electron chi connectivity index (χ2n) is 3.36. The van der Waals surface area contributed by atoms with Crippen LogP contribution in [-0.4, -0.2) is 31.4 Å². The summed E-state index contributed by atoms with van der Waals surface area (Å²) in [5.41, 5.74) is 5.38. The highest BCUT2D eigenvalue weighted by Crippen LogP contribution is 2.13. The van der Waals surface area contributed by atoms with Crippen LogP contribution in [0.5, 0.6) is 0 Å². The molecule has 0 saturated carbocycles. The van der Waals surface area contributed by atoms with Crippen molar-refractivity contribution in [1.29, 1.82) is 5.41 Å². The van der Waals surface area contributed by atoms with Gasteiger partial charge in [-0.3, -0.25) is 10.2 Å². The van der Waals surface area contributed by atoms with Gasteiger partial charge in [-0.05, 0) is 12.8 Å². The number of nitrogens with two attached hydrogens (primary N) is 1. The zero-order chi connectivity index (χ0) is 9.68. The summed E-state index contributed by atoms with van der Waals surface area (Å²) in [5.74, 6) is 0.432. The Bertz CT molecular complexity index is 187. The van der Waals surface area contributed by atoms with Gasteiger partial charge in [-0.1, -0.05) is 0 Å². The van der Waals surface area contributed by atoms with Gasteiger partial charge in [-0.25, -0.2) is 0 Å². The smallest absolute Gasteiger partial charge is 0.207 e. The fourth-order valence-electron chi connectivity index (χ4n) is 1.55. The van der Waals surface area contributed by atoms with E-state index >= 15 is 0 Å². The molecule has 0 aliphatic carbocycles. The number of carbonyl (C=O) groups is 1. The lowest BCUT2D eigenvalue weighted by Crippen LogP contribution is -2.47. The van der Waals surface area contributed by atoms with Gasteiger partial charge in [0.05, 0.1) is 5.84 Å². The van der Waals surface area contributed by atoms with Crippen LogP contribution < -0.4 is 16.4 Å². The molecule has 0 radical (unpaired) electrons. The topological polar surface area (TPSA) is 91.0 Å². The van der Waals surface area contributed by atoms with Crippen LogP contribution in [0.1, 0.15) is 12.8 Å². The largest absolute Gasteiger partial charge is 0.387 e. The van der Waals surface area contributed by atoms with Crippen LogP contribution in [0.3, 0.4) is 0 Å². The average molecular weight is 184 g/mol. The van der Waals surface area contributed by atoms with Gasteiger partial charge in [0.15, 0.2) is 0 Å². The maximum Gasteiger partial charge on any atom is 0.207 e. The van der Waals surface area contributed by atoms with E-state index in [2.05, 4.69) is 10.6 Å². The van der Waals surface area contributed by atoms with E-state index in [4.69, 9.17) is 11.1 Å². The van der Waals surface area contributed by atoms with E-state index in [0.717, 1.165) is 19.4 Å². The summed E-state index contributed by atoms with van der Waals surface area (Å²) in [6.45, 7) is 1.41. The Morgan fingerprint density at radius 1 is 1.69 bits per heavy atom. The normalized spacial score (nSPS) is 28.0. The molecule has 0 aromatic carbocycles. The van der Waals surface area contributed by atoms with Crippen LogP contribution in [-0.2, 0) is 4.79 Å². The lowest BCUT2D eigenvalue weighted by Gasteiger charge is -2.28. The Labute approximate surface area is 77.6 Å². The van der Waals surface area contributed by atoms with Crippen molar-refractivity contribution in [3.8, 4) is 0 Å². The standard InChI is InChI=1S/C8H16N4O/c9-8(10)6-1-2-7(12-3-6)4-11-5-13/h5-7,12H,1-4H2,(H3,9,10)(H,11,13). The zero-order valence-electron chi connectivity index (χ0n) is 7.55. The molecule has 1 rings (SSSR count). The Balaban J connectivity index is 2.22. The van der Waals surface area contributed by atoms with Gasteiger partial charge in [-0.2, -0.15) is 0 Å². The Morgan fingerprint density at radius 2 is 2.46 bits per heavy atom. The summed E-state index contributed by atoms with van der Waals surface area (Å²) < 4.78 is 0. The van der Waals surface area contributed by atoms with E-state index in [1.807, 2.05) is 0 Å². The Hall–Kier alpha value is -1.10. The van der Waals surface area contributed by atoms with E-state index in [9.17, 15) is 4.79 Å². The molecule has 0 aromatic rings. The van der Waals surface area contributed by atoms with E-state index in [0.29, 0.717) is 19.0 Å². The molecular weight excluding hydrogens is 168 g/mol. The maximum absolute atomic E-state index is 10.0. The molecule has 0 spiro atoms. The van der Waals surface area contributed by atoms with Crippen LogP contribution in [0.2, 0.25) is 0 Å². The molecule has 5 N–H and O–H groups in total. The fourth-order valence-corrected chi connectivity index (χ4v) is 1.55. The minimum Gasteiger partial charge on any atom is -0.387 e. The summed E-state index contributed by atoms with van der Waals surface area (Å²) in [4.78, 5) is 10.0. The van der Waals surface area contributed by atoms with Crippen molar-refractivity contribution in [3.63, 3.8) is 0 Å². The number of piperidine rings is 1. The van der Waals surface area contributed by atoms with Crippen LogP contribution >= 0.6 is 0 Å². The molecule has 2 unspecified atom stereocenters. The van der Waals surface area contributed by atoms with Crippen LogP contribution in [0.25, 0.3) is 0 Å². The SMILES string of the molecule is N=C(N)C1CCC(CNC=O)NC1. The minimum absolute atomic E-state index is 0.174. The summed E-state index contributed by atoms with van der Waals surface area (Å²) in [6, 6.07) is 0.334. The van der Waals surface area contributed by atoms with Crippen molar-refractivity contribution in [1.82, 2.24) is 10.6 Å². The first-order valence-electron chi connectivity index (χ1n) is 4.48.